The van der Waals surface area contributed by atoms with Crippen molar-refractivity contribution in [2.75, 3.05) is 0 Å². The minimum absolute atomic E-state index is 0. The molecule has 0 spiro atoms. The Morgan fingerprint density at radius 2 is 0.727 bits per heavy atom. The minimum atomic E-state index is 0. The first-order valence-corrected chi connectivity index (χ1v) is 13.2. The molecule has 0 amide bonds. The largest absolute Gasteiger partial charge is 0.730 e. The van der Waals surface area contributed by atoms with Gasteiger partial charge in [-0.3, -0.25) is 0 Å². The van der Waals surface area contributed by atoms with Crippen molar-refractivity contribution in [2.24, 2.45) is 0 Å². The molecule has 0 aliphatic heterocycles. The van der Waals surface area contributed by atoms with Crippen molar-refractivity contribution in [3.63, 3.8) is 0 Å². The topological polar surface area (TPSA) is 0 Å². The summed E-state index contributed by atoms with van der Waals surface area (Å²) in [6.07, 6.45) is 0. The average Bonchev–Trinajstić information content (AvgIpc) is 3.04. The molecule has 0 saturated carbocycles. The molecule has 196 valence electrons. The first-order valence-electron chi connectivity index (χ1n) is 13.2. The van der Waals surface area contributed by atoms with Crippen molar-refractivity contribution in [2.45, 2.75) is 146 Å². The van der Waals surface area contributed by atoms with E-state index in [1.807, 2.05) is 0 Å². The molecule has 0 aliphatic carbocycles. The van der Waals surface area contributed by atoms with Crippen LogP contribution in [0.3, 0.4) is 0 Å². The van der Waals surface area contributed by atoms with Gasteiger partial charge in [-0.1, -0.05) is 115 Å². The Morgan fingerprint density at radius 3 is 0.909 bits per heavy atom. The van der Waals surface area contributed by atoms with Gasteiger partial charge in [0.15, 0.2) is 0 Å². The third-order valence-electron chi connectivity index (χ3n) is 7.28. The van der Waals surface area contributed by atoms with Gasteiger partial charge in [-0.2, -0.15) is 22.3 Å². The smallest absolute Gasteiger partial charge is 0 e. The SMILES string of the molecule is C[c-]1[c-](C(C)C)[c-](C)[c-](C(C)C)[c-]1C(C)C.Cc1c(C(C)C)c(C(C)C)c(C)[c-]1C(C)C.[Fe]. The summed E-state index contributed by atoms with van der Waals surface area (Å²) in [6.45, 7) is 37.0. The fourth-order valence-electron chi connectivity index (χ4n) is 6.66. The molecule has 0 aliphatic rings. The van der Waals surface area contributed by atoms with Gasteiger partial charge in [-0.25, -0.2) is 31.6 Å². The second kappa shape index (κ2) is 12.8. The predicted octanol–water partition coefficient (Wildman–Crippen LogP) is 10.8. The Bertz CT molecular complexity index is 741. The molecule has 0 radical (unpaired) electrons. The van der Waals surface area contributed by atoms with E-state index in [1.165, 1.54) is 0 Å². The Labute approximate surface area is 218 Å². The normalized spacial score (nSPS) is 11.8. The van der Waals surface area contributed by atoms with Gasteiger partial charge >= 0.3 is 0 Å². The average molecular weight is 495 g/mol. The quantitative estimate of drug-likeness (QED) is 0.277. The van der Waals surface area contributed by atoms with Crippen LogP contribution in [0.15, 0.2) is 0 Å². The Morgan fingerprint density at radius 1 is 0.455 bits per heavy atom. The van der Waals surface area contributed by atoms with Crippen molar-refractivity contribution in [1.29, 1.82) is 0 Å². The van der Waals surface area contributed by atoms with E-state index >= 15 is 0 Å². The third-order valence-corrected chi connectivity index (χ3v) is 7.28. The molecule has 0 unspecified atom stereocenters. The van der Waals surface area contributed by atoms with Crippen LogP contribution < -0.4 is 0 Å². The second-order valence-corrected chi connectivity index (χ2v) is 11.9. The molecule has 0 aromatic heterocycles. The van der Waals surface area contributed by atoms with Gasteiger partial charge in [0, 0.05) is 17.1 Å². The van der Waals surface area contributed by atoms with Crippen molar-refractivity contribution in [3.8, 4) is 0 Å². The number of rotatable bonds is 6. The molecule has 0 atom stereocenters. The summed E-state index contributed by atoms with van der Waals surface area (Å²) in [6, 6.07) is 0. The van der Waals surface area contributed by atoms with Crippen LogP contribution >= 0.6 is 0 Å². The zero-order chi connectivity index (χ0) is 25.2. The zero-order valence-corrected chi connectivity index (χ0v) is 25.9. The first kappa shape index (κ1) is 32.2. The Balaban J connectivity index is 0.000000602. The molecule has 0 N–H and O–H groups in total. The fourth-order valence-corrected chi connectivity index (χ4v) is 6.66. The van der Waals surface area contributed by atoms with E-state index in [2.05, 4.69) is 111 Å². The maximum atomic E-state index is 2.32. The van der Waals surface area contributed by atoms with Crippen LogP contribution in [0, 0.1) is 27.7 Å². The monoisotopic (exact) mass is 494 g/mol. The van der Waals surface area contributed by atoms with E-state index in [0.717, 1.165) is 0 Å². The third kappa shape index (κ3) is 6.67. The molecule has 0 saturated heterocycles. The molecular formula is C32H54Fe-6. The van der Waals surface area contributed by atoms with Crippen molar-refractivity contribution < 1.29 is 17.1 Å². The molecule has 0 nitrogen and oxygen atoms in total. The van der Waals surface area contributed by atoms with Gasteiger partial charge in [0.05, 0.1) is 0 Å². The molecule has 2 aromatic rings. The van der Waals surface area contributed by atoms with Gasteiger partial charge in [0.25, 0.3) is 0 Å². The van der Waals surface area contributed by atoms with Crippen LogP contribution in [-0.2, 0) is 17.1 Å². The maximum Gasteiger partial charge on any atom is 0 e. The van der Waals surface area contributed by atoms with Gasteiger partial charge in [-0.15, -0.1) is 5.56 Å². The molecule has 2 rings (SSSR count). The van der Waals surface area contributed by atoms with Crippen molar-refractivity contribution in [1.82, 2.24) is 0 Å². The summed E-state index contributed by atoms with van der Waals surface area (Å²) < 4.78 is 0. The van der Waals surface area contributed by atoms with E-state index in [-0.39, 0.29) is 17.1 Å². The van der Waals surface area contributed by atoms with Crippen LogP contribution in [0.4, 0.5) is 0 Å². The molecular weight excluding hydrogens is 440 g/mol. The summed E-state index contributed by atoms with van der Waals surface area (Å²) in [4.78, 5) is 0. The molecule has 0 fully saturated rings. The summed E-state index contributed by atoms with van der Waals surface area (Å²) in [7, 11) is 0. The van der Waals surface area contributed by atoms with Crippen LogP contribution in [-0.4, -0.2) is 0 Å². The van der Waals surface area contributed by atoms with Crippen molar-refractivity contribution in [3.05, 3.63) is 55.6 Å². The van der Waals surface area contributed by atoms with Gasteiger partial charge in [0.1, 0.15) is 0 Å². The van der Waals surface area contributed by atoms with E-state index in [9.17, 15) is 0 Å². The maximum absolute atomic E-state index is 2.32. The van der Waals surface area contributed by atoms with Crippen LogP contribution in [0.1, 0.15) is 174 Å². The van der Waals surface area contributed by atoms with E-state index in [0.29, 0.717) is 35.5 Å². The van der Waals surface area contributed by atoms with Crippen LogP contribution in [0.5, 0.6) is 0 Å². The minimum Gasteiger partial charge on any atom is -0.730 e. The predicted molar refractivity (Wildman–Crippen MR) is 148 cm³/mol. The molecule has 0 bridgehead atoms. The molecule has 2 aromatic carbocycles. The number of hydrogen-bond acceptors (Lipinski definition) is 0. The zero-order valence-electron chi connectivity index (χ0n) is 24.8. The standard InChI is InChI=1S/2C16H27.Fe/c2*1-9(2)14-12(7)15(10(3)4)16(11(5)6)13(14)8;/h2*9-11H,1-8H3;/q-5;-1;. The molecule has 0 heterocycles. The van der Waals surface area contributed by atoms with Gasteiger partial charge in [0.2, 0.25) is 0 Å². The van der Waals surface area contributed by atoms with Gasteiger partial charge in [-0.05, 0) is 0 Å². The van der Waals surface area contributed by atoms with Crippen LogP contribution in [0.2, 0.25) is 0 Å². The summed E-state index contributed by atoms with van der Waals surface area (Å²) in [5, 5.41) is 0. The summed E-state index contributed by atoms with van der Waals surface area (Å²) in [5.41, 5.74) is 15.8. The second-order valence-electron chi connectivity index (χ2n) is 11.9. The first-order chi connectivity index (χ1) is 14.6. The molecule has 1 heteroatoms. The van der Waals surface area contributed by atoms with E-state index in [1.54, 1.807) is 55.6 Å². The molecule has 33 heavy (non-hydrogen) atoms. The number of hydrogen-bond donors (Lipinski definition) is 0. The van der Waals surface area contributed by atoms with Crippen molar-refractivity contribution >= 4 is 0 Å². The van der Waals surface area contributed by atoms with Crippen LogP contribution in [0.25, 0.3) is 0 Å². The summed E-state index contributed by atoms with van der Waals surface area (Å²) in [5.74, 6) is 3.86. The van der Waals surface area contributed by atoms with Gasteiger partial charge < -0.3 is 27.8 Å². The Kier molecular flexibility index (Phi) is 12.5. The summed E-state index contributed by atoms with van der Waals surface area (Å²) >= 11 is 0. The Hall–Kier alpha value is -0.781. The van der Waals surface area contributed by atoms with E-state index < -0.39 is 0 Å². The van der Waals surface area contributed by atoms with E-state index in [4.69, 9.17) is 0 Å². The fraction of sp³-hybridized carbons (Fsp3) is 0.688.